The zero-order chi connectivity index (χ0) is 15.1. The maximum absolute atomic E-state index is 13.9. The van der Waals surface area contributed by atoms with E-state index in [1.165, 1.54) is 0 Å². The van der Waals surface area contributed by atoms with Gasteiger partial charge in [0.15, 0.2) is 5.82 Å². The number of nitrogens with one attached hydrogen (secondary N) is 2. The number of nitrogens with zero attached hydrogens (tertiary/aromatic N) is 2. The van der Waals surface area contributed by atoms with E-state index in [0.29, 0.717) is 17.1 Å². The maximum atomic E-state index is 13.9. The third-order valence-corrected chi connectivity index (χ3v) is 3.64. The highest BCUT2D eigenvalue weighted by molar-refractivity contribution is 5.94. The fourth-order valence-corrected chi connectivity index (χ4v) is 2.63. The molecule has 4 nitrogen and oxygen atoms in total. The van der Waals surface area contributed by atoms with Crippen molar-refractivity contribution in [3.8, 4) is 11.4 Å². The minimum Gasteiger partial charge on any atom is -0.386 e. The highest BCUT2D eigenvalue weighted by Crippen LogP contribution is 2.30. The van der Waals surface area contributed by atoms with Crippen molar-refractivity contribution in [1.82, 2.24) is 15.2 Å². The quantitative estimate of drug-likeness (QED) is 0.754. The van der Waals surface area contributed by atoms with Crippen molar-refractivity contribution in [3.05, 3.63) is 40.8 Å². The second-order valence-electron chi connectivity index (χ2n) is 5.28. The normalized spacial score (nSPS) is 11.1. The van der Waals surface area contributed by atoms with Gasteiger partial charge in [-0.15, -0.1) is 0 Å². The van der Waals surface area contributed by atoms with Gasteiger partial charge in [0.25, 0.3) is 0 Å². The highest BCUT2D eigenvalue weighted by Gasteiger charge is 2.15. The predicted molar refractivity (Wildman–Crippen MR) is 83.0 cm³/mol. The van der Waals surface area contributed by atoms with E-state index in [-0.39, 0.29) is 5.82 Å². The van der Waals surface area contributed by atoms with Crippen LogP contribution in [0.25, 0.3) is 22.3 Å². The van der Waals surface area contributed by atoms with E-state index >= 15 is 0 Å². The molecule has 0 spiro atoms. The topological polar surface area (TPSA) is 53.6 Å². The first kappa shape index (κ1) is 13.5. The zero-order valence-electron chi connectivity index (χ0n) is 12.5. The summed E-state index contributed by atoms with van der Waals surface area (Å²) in [6, 6.07) is 5.86. The number of hydrogen-bond donors (Lipinski definition) is 2. The smallest absolute Gasteiger partial charge is 0.167 e. The summed E-state index contributed by atoms with van der Waals surface area (Å²) in [4.78, 5) is 4.35. The minimum atomic E-state index is -0.322. The van der Waals surface area contributed by atoms with Crippen molar-refractivity contribution in [2.24, 2.45) is 0 Å². The standard InChI is InChI=1S/C16H17FN4/c1-8-5-9(2)15-11(6-8)16(21-20-15)13-7-12(18-4)14(17)10(3)19-13/h5-7H,1-4H3,(H,18,19)(H,20,21). The number of pyridine rings is 1. The molecule has 3 rings (SSSR count). The Morgan fingerprint density at radius 2 is 1.90 bits per heavy atom. The number of rotatable bonds is 2. The fourth-order valence-electron chi connectivity index (χ4n) is 2.63. The molecule has 0 aliphatic rings. The first-order valence-electron chi connectivity index (χ1n) is 6.82. The molecule has 0 atom stereocenters. The lowest BCUT2D eigenvalue weighted by atomic mass is 10.1. The average Bonchev–Trinajstić information content (AvgIpc) is 2.85. The summed E-state index contributed by atoms with van der Waals surface area (Å²) < 4.78 is 13.9. The number of anilines is 1. The van der Waals surface area contributed by atoms with Crippen molar-refractivity contribution in [2.75, 3.05) is 12.4 Å². The van der Waals surface area contributed by atoms with E-state index in [0.717, 1.165) is 27.7 Å². The lowest BCUT2D eigenvalue weighted by Crippen LogP contribution is -1.99. The molecule has 0 amide bonds. The van der Waals surface area contributed by atoms with Gasteiger partial charge in [-0.25, -0.2) is 9.37 Å². The van der Waals surface area contributed by atoms with Gasteiger partial charge >= 0.3 is 0 Å². The van der Waals surface area contributed by atoms with Crippen molar-refractivity contribution in [3.63, 3.8) is 0 Å². The number of aryl methyl sites for hydroxylation is 3. The molecule has 1 aromatic carbocycles. The van der Waals surface area contributed by atoms with Crippen LogP contribution >= 0.6 is 0 Å². The average molecular weight is 284 g/mol. The molecular weight excluding hydrogens is 267 g/mol. The van der Waals surface area contributed by atoms with Gasteiger partial charge in [0.1, 0.15) is 0 Å². The molecule has 21 heavy (non-hydrogen) atoms. The van der Waals surface area contributed by atoms with Crippen LogP contribution < -0.4 is 5.32 Å². The molecule has 0 aliphatic heterocycles. The van der Waals surface area contributed by atoms with Crippen molar-refractivity contribution in [1.29, 1.82) is 0 Å². The van der Waals surface area contributed by atoms with Gasteiger partial charge in [0.05, 0.1) is 28.3 Å². The summed E-state index contributed by atoms with van der Waals surface area (Å²) in [5.41, 5.74) is 5.50. The Morgan fingerprint density at radius 1 is 1.14 bits per heavy atom. The van der Waals surface area contributed by atoms with Crippen LogP contribution in [0.15, 0.2) is 18.2 Å². The Morgan fingerprint density at radius 3 is 2.62 bits per heavy atom. The van der Waals surface area contributed by atoms with Crippen LogP contribution in [0.4, 0.5) is 10.1 Å². The Balaban J connectivity index is 2.28. The van der Waals surface area contributed by atoms with E-state index < -0.39 is 0 Å². The van der Waals surface area contributed by atoms with Crippen LogP contribution in [0, 0.1) is 26.6 Å². The van der Waals surface area contributed by atoms with Crippen LogP contribution in [0.3, 0.4) is 0 Å². The molecule has 0 saturated carbocycles. The van der Waals surface area contributed by atoms with Crippen LogP contribution in [-0.2, 0) is 0 Å². The van der Waals surface area contributed by atoms with Crippen LogP contribution in [0.5, 0.6) is 0 Å². The predicted octanol–water partition coefficient (Wildman–Crippen LogP) is 3.73. The first-order chi connectivity index (χ1) is 10.0. The lowest BCUT2D eigenvalue weighted by molar-refractivity contribution is 0.614. The lowest BCUT2D eigenvalue weighted by Gasteiger charge is -2.08. The Kier molecular flexibility index (Phi) is 3.12. The number of benzene rings is 1. The van der Waals surface area contributed by atoms with E-state index in [1.807, 2.05) is 13.8 Å². The second-order valence-corrected chi connectivity index (χ2v) is 5.28. The number of aromatic nitrogens is 3. The third kappa shape index (κ3) is 2.14. The largest absolute Gasteiger partial charge is 0.386 e. The molecule has 0 saturated heterocycles. The maximum Gasteiger partial charge on any atom is 0.167 e. The molecule has 3 aromatic rings. The first-order valence-corrected chi connectivity index (χ1v) is 6.82. The molecule has 2 heterocycles. The summed E-state index contributed by atoms with van der Waals surface area (Å²) in [6.07, 6.45) is 0. The molecule has 2 aromatic heterocycles. The summed E-state index contributed by atoms with van der Waals surface area (Å²) in [5.74, 6) is -0.322. The Bertz CT molecular complexity index is 836. The number of aromatic amines is 1. The van der Waals surface area contributed by atoms with E-state index in [2.05, 4.69) is 32.6 Å². The molecule has 0 bridgehead atoms. The van der Waals surface area contributed by atoms with Gasteiger partial charge in [0, 0.05) is 12.4 Å². The minimum absolute atomic E-state index is 0.322. The van der Waals surface area contributed by atoms with Gasteiger partial charge in [-0.05, 0) is 38.5 Å². The zero-order valence-corrected chi connectivity index (χ0v) is 12.5. The highest BCUT2D eigenvalue weighted by atomic mass is 19.1. The second kappa shape index (κ2) is 4.84. The van der Waals surface area contributed by atoms with Crippen molar-refractivity contribution >= 4 is 16.6 Å². The van der Waals surface area contributed by atoms with E-state index in [9.17, 15) is 4.39 Å². The van der Waals surface area contributed by atoms with Crippen LogP contribution in [0.2, 0.25) is 0 Å². The molecule has 5 heteroatoms. The molecule has 0 fully saturated rings. The molecule has 0 unspecified atom stereocenters. The fraction of sp³-hybridized carbons (Fsp3) is 0.250. The molecule has 0 radical (unpaired) electrons. The molecule has 108 valence electrons. The van der Waals surface area contributed by atoms with Crippen LogP contribution in [0.1, 0.15) is 16.8 Å². The Hall–Kier alpha value is -2.43. The summed E-state index contributed by atoms with van der Waals surface area (Å²) in [6.45, 7) is 5.74. The number of halogens is 1. The van der Waals surface area contributed by atoms with E-state index in [4.69, 9.17) is 0 Å². The molecule has 2 N–H and O–H groups in total. The SMILES string of the molecule is CNc1cc(-c2[nH]nc3c(C)cc(C)cc23)nc(C)c1F. The molecule has 0 aliphatic carbocycles. The number of fused-ring (bicyclic) bond motifs is 1. The number of hydrogen-bond acceptors (Lipinski definition) is 3. The Labute approximate surface area is 122 Å². The summed E-state index contributed by atoms with van der Waals surface area (Å²) in [7, 11) is 1.70. The van der Waals surface area contributed by atoms with Gasteiger partial charge in [0.2, 0.25) is 0 Å². The number of H-pyrrole nitrogens is 1. The summed E-state index contributed by atoms with van der Waals surface area (Å²) in [5, 5.41) is 11.3. The monoisotopic (exact) mass is 284 g/mol. The van der Waals surface area contributed by atoms with Crippen molar-refractivity contribution in [2.45, 2.75) is 20.8 Å². The van der Waals surface area contributed by atoms with Crippen LogP contribution in [-0.4, -0.2) is 22.2 Å². The van der Waals surface area contributed by atoms with Gasteiger partial charge < -0.3 is 5.32 Å². The third-order valence-electron chi connectivity index (χ3n) is 3.64. The van der Waals surface area contributed by atoms with Gasteiger partial charge in [-0.3, -0.25) is 5.10 Å². The van der Waals surface area contributed by atoms with Gasteiger partial charge in [-0.1, -0.05) is 11.6 Å². The summed E-state index contributed by atoms with van der Waals surface area (Å²) >= 11 is 0. The van der Waals surface area contributed by atoms with Gasteiger partial charge in [-0.2, -0.15) is 5.10 Å². The van der Waals surface area contributed by atoms with Crippen molar-refractivity contribution < 1.29 is 4.39 Å². The molecular formula is C16H17FN4. The van der Waals surface area contributed by atoms with E-state index in [1.54, 1.807) is 20.0 Å².